The number of halogens is 15. The highest BCUT2D eigenvalue weighted by Crippen LogP contribution is 2.52. The lowest BCUT2D eigenvalue weighted by atomic mass is 9.83. The highest BCUT2D eigenvalue weighted by Gasteiger charge is 2.72. The van der Waals surface area contributed by atoms with Gasteiger partial charge in [-0.3, -0.25) is 14.4 Å². The number of fused-ring (bicyclic) bond motifs is 2. The molecule has 4 aromatic rings. The zero-order valence-electron chi connectivity index (χ0n) is 40.8. The van der Waals surface area contributed by atoms with E-state index in [2.05, 4.69) is 4.90 Å². The summed E-state index contributed by atoms with van der Waals surface area (Å²) in [6, 6.07) is 14.0. The SMILES string of the molecule is COc1cc2c(cc1N1CCOCC1)CC(Cc1cc(C)ccc1C(F)(F)F)C2=O.COc1cc2c(cc1N1CCOCC1)CC(Cc1cc(C)ccc1C(O)(C(F)(F)F)C(F)(F)F)C2=O.O=C(C(F)(F)F)C(F)(F)F. The lowest BCUT2D eigenvalue weighted by molar-refractivity contribution is -0.376. The zero-order chi connectivity index (χ0) is 56.5. The van der Waals surface area contributed by atoms with Gasteiger partial charge in [0, 0.05) is 54.7 Å². The van der Waals surface area contributed by atoms with Crippen molar-refractivity contribution >= 4 is 28.7 Å². The standard InChI is InChI=1S/C25H25F6NO4.C23H24F3NO3.C3F6O/c1-14-3-4-19(23(34,24(26,27)28)25(29,30)31)16(9-14)11-17-10-15-12-20(32-5-7-36-8-6-32)21(35-2)13-18(15)22(17)33;1-14-3-4-19(23(24,25)26)16(9-14)11-17-10-15-12-20(27-5-7-30-8-6-27)21(29-2)13-18(15)22(17)28;4-2(5,6)1(10)3(7,8)9/h3-4,9,12-13,17,34H,5-8,10-11H2,1-2H3;3-4,9,12-13,17H,5-8,10-11H2,1-2H3;. The number of Topliss-reactive ketones (excluding diaryl/α,β-unsaturated/α-hetero) is 3. The number of ketones is 3. The maximum absolute atomic E-state index is 13.6. The maximum Gasteiger partial charge on any atom is 0.459 e. The molecule has 1 N–H and O–H groups in total. The minimum Gasteiger partial charge on any atom is -0.495 e. The molecule has 25 heteroatoms. The molecular formula is C51H49F15N2O8. The van der Waals surface area contributed by atoms with Crippen LogP contribution in [0.5, 0.6) is 11.5 Å². The van der Waals surface area contributed by atoms with E-state index in [0.717, 1.165) is 53.8 Å². The van der Waals surface area contributed by atoms with Gasteiger partial charge in [0.2, 0.25) is 0 Å². The van der Waals surface area contributed by atoms with Crippen molar-refractivity contribution in [1.82, 2.24) is 0 Å². The summed E-state index contributed by atoms with van der Waals surface area (Å²) in [6.07, 6.45) is -27.9. The van der Waals surface area contributed by atoms with Crippen LogP contribution in [0.25, 0.3) is 0 Å². The fourth-order valence-electron chi connectivity index (χ4n) is 9.51. The number of methoxy groups -OCH3 is 2. The number of aryl methyl sites for hydroxylation is 2. The Bertz CT molecular complexity index is 2740. The van der Waals surface area contributed by atoms with Crippen LogP contribution in [0, 0.1) is 25.7 Å². The van der Waals surface area contributed by atoms with Crippen molar-refractivity contribution in [2.75, 3.05) is 76.6 Å². The third-order valence-electron chi connectivity index (χ3n) is 13.2. The Balaban J connectivity index is 0.000000212. The van der Waals surface area contributed by atoms with E-state index in [4.69, 9.17) is 18.9 Å². The van der Waals surface area contributed by atoms with Gasteiger partial charge in [-0.25, -0.2) is 0 Å². The fourth-order valence-corrected chi connectivity index (χ4v) is 9.51. The van der Waals surface area contributed by atoms with Gasteiger partial charge in [0.1, 0.15) is 11.5 Å². The summed E-state index contributed by atoms with van der Waals surface area (Å²) in [6.45, 7) is 8.20. The van der Waals surface area contributed by atoms with E-state index in [1.54, 1.807) is 38.3 Å². The highest BCUT2D eigenvalue weighted by molar-refractivity contribution is 6.04. The Kier molecular flexibility index (Phi) is 17.5. The molecule has 0 aromatic heterocycles. The van der Waals surface area contributed by atoms with Gasteiger partial charge in [-0.2, -0.15) is 65.9 Å². The summed E-state index contributed by atoms with van der Waals surface area (Å²) >= 11 is 0. The Morgan fingerprint density at radius 1 is 0.566 bits per heavy atom. The minimum absolute atomic E-state index is 0.0687. The number of benzene rings is 4. The number of nitrogens with zero attached hydrogens (tertiary/aromatic N) is 2. The van der Waals surface area contributed by atoms with Crippen LogP contribution in [0.4, 0.5) is 77.2 Å². The first-order chi connectivity index (χ1) is 35.2. The molecule has 0 amide bonds. The first-order valence-corrected chi connectivity index (χ1v) is 23.2. The number of anilines is 2. The van der Waals surface area contributed by atoms with Crippen molar-refractivity contribution in [2.45, 2.75) is 76.0 Å². The number of hydrogen-bond donors (Lipinski definition) is 1. The van der Waals surface area contributed by atoms with E-state index in [9.17, 15) is 85.3 Å². The number of morpholine rings is 2. The molecule has 4 aliphatic rings. The molecule has 10 nitrogen and oxygen atoms in total. The molecular weight excluding hydrogens is 1050 g/mol. The molecule has 2 aliphatic carbocycles. The maximum atomic E-state index is 13.6. The van der Waals surface area contributed by atoms with E-state index >= 15 is 0 Å². The summed E-state index contributed by atoms with van der Waals surface area (Å²) < 4.78 is 209. The average Bonchev–Trinajstić information content (AvgIpc) is 3.81. The van der Waals surface area contributed by atoms with Crippen molar-refractivity contribution in [3.8, 4) is 11.5 Å². The van der Waals surface area contributed by atoms with Crippen molar-refractivity contribution in [3.63, 3.8) is 0 Å². The second-order valence-electron chi connectivity index (χ2n) is 18.3. The molecule has 2 heterocycles. The molecule has 8 rings (SSSR count). The smallest absolute Gasteiger partial charge is 0.459 e. The van der Waals surface area contributed by atoms with Crippen LogP contribution in [0.15, 0.2) is 60.7 Å². The van der Waals surface area contributed by atoms with Crippen LogP contribution in [0.2, 0.25) is 0 Å². The van der Waals surface area contributed by atoms with Gasteiger partial charge < -0.3 is 33.9 Å². The van der Waals surface area contributed by atoms with Crippen LogP contribution >= 0.6 is 0 Å². The molecule has 2 saturated heterocycles. The Morgan fingerprint density at radius 2 is 0.921 bits per heavy atom. The quantitative estimate of drug-likeness (QED) is 0.163. The molecule has 2 fully saturated rings. The number of ether oxygens (including phenoxy) is 4. The van der Waals surface area contributed by atoms with Gasteiger partial charge in [-0.1, -0.05) is 41.5 Å². The third-order valence-corrected chi connectivity index (χ3v) is 13.2. The molecule has 0 spiro atoms. The van der Waals surface area contributed by atoms with Gasteiger partial charge in [0.25, 0.3) is 5.60 Å². The third kappa shape index (κ3) is 12.8. The predicted molar refractivity (Wildman–Crippen MR) is 243 cm³/mol. The minimum atomic E-state index is -6.02. The normalized spacial score (nSPS) is 18.3. The Hall–Kier alpha value is -6.08. The van der Waals surface area contributed by atoms with Crippen molar-refractivity contribution < 1.29 is 104 Å². The number of carbonyl (C=O) groups is 3. The van der Waals surface area contributed by atoms with Gasteiger partial charge in [-0.15, -0.1) is 0 Å². The molecule has 76 heavy (non-hydrogen) atoms. The molecule has 2 atom stereocenters. The Morgan fingerprint density at radius 3 is 1.24 bits per heavy atom. The summed E-state index contributed by atoms with van der Waals surface area (Å²) in [5, 5.41) is 10.0. The van der Waals surface area contributed by atoms with Crippen molar-refractivity contribution in [1.29, 1.82) is 0 Å². The van der Waals surface area contributed by atoms with Crippen molar-refractivity contribution in [3.05, 3.63) is 116 Å². The number of aliphatic hydroxyl groups is 1. The lowest BCUT2D eigenvalue weighted by Crippen LogP contribution is -2.54. The summed E-state index contributed by atoms with van der Waals surface area (Å²) in [7, 11) is 3.02. The van der Waals surface area contributed by atoms with Gasteiger partial charge in [0.15, 0.2) is 11.6 Å². The van der Waals surface area contributed by atoms with Crippen LogP contribution in [-0.4, -0.2) is 114 Å². The lowest BCUT2D eigenvalue weighted by Gasteiger charge is -2.34. The van der Waals surface area contributed by atoms with Gasteiger partial charge in [-0.05, 0) is 92.1 Å². The fraction of sp³-hybridized carbons (Fsp3) is 0.471. The number of alkyl halides is 15. The number of hydrogen-bond acceptors (Lipinski definition) is 10. The van der Waals surface area contributed by atoms with Crippen LogP contribution in [0.1, 0.15) is 65.2 Å². The van der Waals surface area contributed by atoms with E-state index in [1.165, 1.54) is 20.1 Å². The molecule has 416 valence electrons. The monoisotopic (exact) mass is 1100 g/mol. The molecule has 0 bridgehead atoms. The van der Waals surface area contributed by atoms with Gasteiger partial charge in [0.05, 0.1) is 57.6 Å². The highest BCUT2D eigenvalue weighted by atomic mass is 19.4. The topological polar surface area (TPSA) is 115 Å². The number of rotatable bonds is 9. The predicted octanol–water partition coefficient (Wildman–Crippen LogP) is 10.9. The van der Waals surface area contributed by atoms with Crippen LogP contribution < -0.4 is 19.3 Å². The molecule has 2 unspecified atom stereocenters. The largest absolute Gasteiger partial charge is 0.495 e. The molecule has 0 radical (unpaired) electrons. The summed E-state index contributed by atoms with van der Waals surface area (Å²) in [4.78, 5) is 39.7. The van der Waals surface area contributed by atoms with E-state index in [-0.39, 0.29) is 29.8 Å². The van der Waals surface area contributed by atoms with Crippen LogP contribution in [0.3, 0.4) is 0 Å². The first-order valence-electron chi connectivity index (χ1n) is 23.2. The number of carbonyl (C=O) groups excluding carboxylic acids is 3. The second kappa shape index (κ2) is 22.5. The van der Waals surface area contributed by atoms with Gasteiger partial charge >= 0.3 is 36.7 Å². The average molecular weight is 1100 g/mol. The second-order valence-corrected chi connectivity index (χ2v) is 18.3. The van der Waals surface area contributed by atoms with E-state index in [1.807, 2.05) is 11.0 Å². The molecule has 2 aliphatic heterocycles. The summed E-state index contributed by atoms with van der Waals surface area (Å²) in [5.74, 6) is -4.54. The first kappa shape index (κ1) is 59.2. The zero-order valence-corrected chi connectivity index (χ0v) is 40.8. The molecule has 4 aromatic carbocycles. The van der Waals surface area contributed by atoms with E-state index < -0.39 is 77.4 Å². The van der Waals surface area contributed by atoms with E-state index in [0.29, 0.717) is 85.8 Å². The summed E-state index contributed by atoms with van der Waals surface area (Å²) in [5.41, 5.74) is -2.06. The van der Waals surface area contributed by atoms with Crippen molar-refractivity contribution in [2.24, 2.45) is 11.8 Å². The van der Waals surface area contributed by atoms with Crippen LogP contribution in [-0.2, 0) is 51.7 Å². The Labute approximate surface area is 424 Å². The molecule has 0 saturated carbocycles.